The topological polar surface area (TPSA) is 30.3 Å². The highest BCUT2D eigenvalue weighted by atomic mass is 16.7. The van der Waals surface area contributed by atoms with Crippen LogP contribution >= 0.6 is 0 Å². The Morgan fingerprint density at radius 1 is 1.00 bits per heavy atom. The molecule has 0 N–H and O–H groups in total. The summed E-state index contributed by atoms with van der Waals surface area (Å²) in [5.74, 6) is 1.01. The molecule has 2 heterocycles. The maximum atomic E-state index is 5.66. The highest BCUT2D eigenvalue weighted by molar-refractivity contribution is 5.58. The van der Waals surface area contributed by atoms with Crippen LogP contribution in [0, 0.1) is 0 Å². The summed E-state index contributed by atoms with van der Waals surface area (Å²) in [4.78, 5) is 10.6. The number of fused-ring (bicyclic) bond motifs is 1. The van der Waals surface area contributed by atoms with E-state index in [9.17, 15) is 0 Å². The summed E-state index contributed by atoms with van der Waals surface area (Å²) in [6.45, 7) is 8.68. The zero-order chi connectivity index (χ0) is 15.4. The van der Waals surface area contributed by atoms with Crippen LogP contribution in [-0.2, 0) is 23.0 Å². The summed E-state index contributed by atoms with van der Waals surface area (Å²) in [7, 11) is 3.82. The van der Waals surface area contributed by atoms with E-state index in [1.807, 2.05) is 23.3 Å². The molecule has 1 aromatic heterocycles. The molecule has 0 saturated carbocycles. The van der Waals surface area contributed by atoms with Gasteiger partial charge in [-0.25, -0.2) is 4.98 Å². The summed E-state index contributed by atoms with van der Waals surface area (Å²) >= 11 is 0. The van der Waals surface area contributed by atoms with Crippen molar-refractivity contribution >= 4 is 0 Å². The third kappa shape index (κ3) is 1.79. The zero-order valence-corrected chi connectivity index (χ0v) is 13.6. The van der Waals surface area contributed by atoms with E-state index in [2.05, 4.69) is 51.4 Å². The van der Waals surface area contributed by atoms with Gasteiger partial charge in [0, 0.05) is 12.6 Å². The van der Waals surface area contributed by atoms with Crippen molar-refractivity contribution in [2.45, 2.75) is 38.8 Å². The second kappa shape index (κ2) is 4.42. The molecule has 0 amide bonds. The van der Waals surface area contributed by atoms with E-state index >= 15 is 0 Å². The van der Waals surface area contributed by atoms with Crippen molar-refractivity contribution in [1.82, 2.24) is 14.6 Å². The minimum Gasteiger partial charge on any atom is -0.329 e. The van der Waals surface area contributed by atoms with Gasteiger partial charge in [0.25, 0.3) is 0 Å². The van der Waals surface area contributed by atoms with Crippen molar-refractivity contribution in [2.75, 3.05) is 7.11 Å². The van der Waals surface area contributed by atoms with Gasteiger partial charge in [-0.3, -0.25) is 0 Å². The third-order valence-electron chi connectivity index (χ3n) is 4.48. The van der Waals surface area contributed by atoms with Crippen molar-refractivity contribution in [3.8, 4) is 11.4 Å². The second-order valence-electron chi connectivity index (χ2n) is 6.65. The molecule has 0 spiro atoms. The van der Waals surface area contributed by atoms with Crippen molar-refractivity contribution in [2.24, 2.45) is 7.05 Å². The first-order valence-corrected chi connectivity index (χ1v) is 7.29. The predicted molar refractivity (Wildman–Crippen MR) is 83.5 cm³/mol. The van der Waals surface area contributed by atoms with Gasteiger partial charge in [0.2, 0.25) is 0 Å². The number of aromatic nitrogens is 2. The Kier molecular flexibility index (Phi) is 3.01. The summed E-state index contributed by atoms with van der Waals surface area (Å²) in [6, 6.07) is 10.3. The summed E-state index contributed by atoms with van der Waals surface area (Å²) in [5, 5.41) is 2.03. The normalized spacial score (nSPS) is 19.7. The number of hydrogen-bond donors (Lipinski definition) is 0. The Balaban J connectivity index is 2.23. The van der Waals surface area contributed by atoms with Crippen molar-refractivity contribution in [1.29, 1.82) is 0 Å². The molecule has 0 fully saturated rings. The SMILES string of the molecule is CON1C(C)(C)c2nc(-c3ccccc3)n(C)c2C1(C)C. The van der Waals surface area contributed by atoms with Crippen LogP contribution in [0.5, 0.6) is 0 Å². The standard InChI is InChI=1S/C17H23N3O/c1-16(2)13-14(17(3,4)20(16)21-6)19(5)15(18-13)12-10-8-7-9-11-12/h7-11H,1-6H3. The predicted octanol–water partition coefficient (Wildman–Crippen LogP) is 3.43. The number of rotatable bonds is 2. The largest absolute Gasteiger partial charge is 0.329 e. The molecule has 0 saturated heterocycles. The molecule has 2 aromatic rings. The number of nitrogens with zero attached hydrogens (tertiary/aromatic N) is 3. The van der Waals surface area contributed by atoms with E-state index < -0.39 is 0 Å². The Labute approximate surface area is 126 Å². The molecule has 0 unspecified atom stereocenters. The van der Waals surface area contributed by atoms with E-state index in [0.29, 0.717) is 0 Å². The molecule has 3 rings (SSSR count). The molecule has 0 aliphatic carbocycles. The maximum absolute atomic E-state index is 5.66. The van der Waals surface area contributed by atoms with Gasteiger partial charge < -0.3 is 9.40 Å². The first kappa shape index (κ1) is 14.3. The molecule has 0 radical (unpaired) electrons. The van der Waals surface area contributed by atoms with E-state index in [1.165, 1.54) is 5.69 Å². The number of hydroxylamine groups is 2. The molecule has 1 aromatic carbocycles. The average Bonchev–Trinajstić information content (AvgIpc) is 2.85. The molecular weight excluding hydrogens is 262 g/mol. The molecule has 112 valence electrons. The van der Waals surface area contributed by atoms with Gasteiger partial charge in [-0.15, -0.1) is 0 Å². The molecule has 1 aliphatic heterocycles. The van der Waals surface area contributed by atoms with Crippen molar-refractivity contribution in [3.05, 3.63) is 41.7 Å². The van der Waals surface area contributed by atoms with Crippen LogP contribution < -0.4 is 0 Å². The molecular formula is C17H23N3O. The van der Waals surface area contributed by atoms with Crippen LogP contribution in [0.4, 0.5) is 0 Å². The number of hydrogen-bond acceptors (Lipinski definition) is 3. The fraction of sp³-hybridized carbons (Fsp3) is 0.471. The Bertz CT molecular complexity index is 671. The molecule has 21 heavy (non-hydrogen) atoms. The van der Waals surface area contributed by atoms with Crippen molar-refractivity contribution in [3.63, 3.8) is 0 Å². The lowest BCUT2D eigenvalue weighted by Gasteiger charge is -2.38. The van der Waals surface area contributed by atoms with Gasteiger partial charge in [0.1, 0.15) is 5.82 Å². The van der Waals surface area contributed by atoms with Gasteiger partial charge in [-0.1, -0.05) is 30.3 Å². The number of benzene rings is 1. The minimum absolute atomic E-state index is 0.220. The van der Waals surface area contributed by atoms with Gasteiger partial charge in [0.05, 0.1) is 29.6 Å². The average molecular weight is 285 g/mol. The lowest BCUT2D eigenvalue weighted by atomic mass is 10.0. The maximum Gasteiger partial charge on any atom is 0.140 e. The third-order valence-corrected chi connectivity index (χ3v) is 4.48. The lowest BCUT2D eigenvalue weighted by molar-refractivity contribution is -0.243. The lowest BCUT2D eigenvalue weighted by Crippen LogP contribution is -2.45. The molecule has 4 nitrogen and oxygen atoms in total. The first-order valence-electron chi connectivity index (χ1n) is 7.29. The smallest absolute Gasteiger partial charge is 0.140 e. The fourth-order valence-corrected chi connectivity index (χ4v) is 3.82. The molecule has 4 heteroatoms. The molecule has 0 bridgehead atoms. The van der Waals surface area contributed by atoms with Crippen LogP contribution in [0.25, 0.3) is 11.4 Å². The molecule has 1 aliphatic rings. The Morgan fingerprint density at radius 2 is 1.62 bits per heavy atom. The van der Waals surface area contributed by atoms with Crippen LogP contribution in [-0.4, -0.2) is 21.7 Å². The molecule has 0 atom stereocenters. The highest BCUT2D eigenvalue weighted by Crippen LogP contribution is 2.49. The van der Waals surface area contributed by atoms with Gasteiger partial charge in [-0.2, -0.15) is 5.06 Å². The van der Waals surface area contributed by atoms with E-state index in [4.69, 9.17) is 9.82 Å². The van der Waals surface area contributed by atoms with Crippen LogP contribution in [0.1, 0.15) is 39.1 Å². The first-order chi connectivity index (χ1) is 9.81. The zero-order valence-electron chi connectivity index (χ0n) is 13.6. The summed E-state index contributed by atoms with van der Waals surface area (Å²) < 4.78 is 2.20. The highest BCUT2D eigenvalue weighted by Gasteiger charge is 2.53. The Hall–Kier alpha value is -1.65. The van der Waals surface area contributed by atoms with Crippen LogP contribution in [0.2, 0.25) is 0 Å². The Morgan fingerprint density at radius 3 is 2.14 bits per heavy atom. The monoisotopic (exact) mass is 285 g/mol. The summed E-state index contributed by atoms with van der Waals surface area (Å²) in [6.07, 6.45) is 0. The van der Waals surface area contributed by atoms with E-state index in [1.54, 1.807) is 7.11 Å². The van der Waals surface area contributed by atoms with Gasteiger partial charge >= 0.3 is 0 Å². The summed E-state index contributed by atoms with van der Waals surface area (Å²) in [5.41, 5.74) is 2.98. The second-order valence-corrected chi connectivity index (χ2v) is 6.65. The van der Waals surface area contributed by atoms with Crippen LogP contribution in [0.3, 0.4) is 0 Å². The van der Waals surface area contributed by atoms with E-state index in [0.717, 1.165) is 17.1 Å². The van der Waals surface area contributed by atoms with Gasteiger partial charge in [0.15, 0.2) is 0 Å². The fourth-order valence-electron chi connectivity index (χ4n) is 3.82. The van der Waals surface area contributed by atoms with Crippen LogP contribution in [0.15, 0.2) is 30.3 Å². The quantitative estimate of drug-likeness (QED) is 0.847. The van der Waals surface area contributed by atoms with E-state index in [-0.39, 0.29) is 11.1 Å². The minimum atomic E-state index is -0.252. The van der Waals surface area contributed by atoms with Crippen molar-refractivity contribution < 1.29 is 4.84 Å². The number of imidazole rings is 1. The van der Waals surface area contributed by atoms with Gasteiger partial charge in [-0.05, 0) is 27.7 Å².